The van der Waals surface area contributed by atoms with Gasteiger partial charge in [0.25, 0.3) is 0 Å². The van der Waals surface area contributed by atoms with Crippen LogP contribution in [0.5, 0.6) is 0 Å². The molecule has 1 aliphatic rings. The molecule has 0 amide bonds. The first kappa shape index (κ1) is 18.0. The minimum atomic E-state index is -0.120. The Hall–Kier alpha value is -0.0100. The summed E-state index contributed by atoms with van der Waals surface area (Å²) in [5, 5.41) is 4.36. The molecule has 0 spiro atoms. The molecule has 4 nitrogen and oxygen atoms in total. The van der Waals surface area contributed by atoms with Crippen molar-refractivity contribution in [3.05, 3.63) is 0 Å². The number of carbonyl (C=O) groups excluding carboxylic acids is 1. The first-order chi connectivity index (χ1) is 9.38. The molecule has 0 aromatic heterocycles. The Kier molecular flexibility index (Phi) is 7.61. The average molecular weight is 337 g/mol. The first-order valence-electron chi connectivity index (χ1n) is 6.85. The highest BCUT2D eigenvalue weighted by atomic mass is 32.2. The maximum absolute atomic E-state index is 11.5. The van der Waals surface area contributed by atoms with Gasteiger partial charge in [-0.2, -0.15) is 5.10 Å². The van der Waals surface area contributed by atoms with E-state index >= 15 is 0 Å². The quantitative estimate of drug-likeness (QED) is 0.715. The standard InChI is InChI=1S/C13H24N2O2S3/c1-6-13(4,5)20-12-15-14-11(19-12)18-8-9(3)10(16)17-7-2/h9,11,14H,6-8H2,1-5H3. The van der Waals surface area contributed by atoms with E-state index in [0.717, 1.165) is 16.5 Å². The fourth-order valence-corrected chi connectivity index (χ4v) is 5.22. The summed E-state index contributed by atoms with van der Waals surface area (Å²) in [6.07, 6.45) is 1.11. The van der Waals surface area contributed by atoms with Crippen molar-refractivity contribution in [2.75, 3.05) is 12.4 Å². The third kappa shape index (κ3) is 6.18. The third-order valence-corrected chi connectivity index (χ3v) is 6.93. The number of thioether (sulfide) groups is 3. The average Bonchev–Trinajstić information content (AvgIpc) is 2.83. The number of rotatable bonds is 7. The molecule has 0 fully saturated rings. The van der Waals surface area contributed by atoms with Crippen LogP contribution in [0.4, 0.5) is 0 Å². The van der Waals surface area contributed by atoms with Crippen LogP contribution in [0.1, 0.15) is 41.0 Å². The lowest BCUT2D eigenvalue weighted by atomic mass is 10.1. The molecule has 0 aliphatic carbocycles. The molecule has 1 aliphatic heterocycles. The van der Waals surface area contributed by atoms with Gasteiger partial charge < -0.3 is 4.74 Å². The molecule has 0 saturated heterocycles. The molecule has 1 rings (SSSR count). The molecule has 0 saturated carbocycles. The summed E-state index contributed by atoms with van der Waals surface area (Å²) in [7, 11) is 0. The van der Waals surface area contributed by atoms with E-state index in [1.54, 1.807) is 23.5 Å². The topological polar surface area (TPSA) is 50.7 Å². The van der Waals surface area contributed by atoms with Gasteiger partial charge in [-0.15, -0.1) is 11.8 Å². The van der Waals surface area contributed by atoms with Crippen molar-refractivity contribution >= 4 is 45.6 Å². The van der Waals surface area contributed by atoms with E-state index in [4.69, 9.17) is 4.74 Å². The number of hydrogen-bond donors (Lipinski definition) is 1. The normalized spacial score (nSPS) is 20.2. The number of hydrazone groups is 1. The van der Waals surface area contributed by atoms with E-state index in [2.05, 4.69) is 31.3 Å². The van der Waals surface area contributed by atoms with Crippen molar-refractivity contribution < 1.29 is 9.53 Å². The van der Waals surface area contributed by atoms with E-state index in [1.807, 2.05) is 25.6 Å². The number of esters is 1. The van der Waals surface area contributed by atoms with Gasteiger partial charge in [0.05, 0.1) is 12.5 Å². The lowest BCUT2D eigenvalue weighted by Gasteiger charge is -2.20. The fraction of sp³-hybridized carbons (Fsp3) is 0.846. The van der Waals surface area contributed by atoms with Crippen LogP contribution < -0.4 is 5.43 Å². The van der Waals surface area contributed by atoms with E-state index in [-0.39, 0.29) is 21.3 Å². The molecule has 116 valence electrons. The summed E-state index contributed by atoms with van der Waals surface area (Å²) in [5.41, 5.74) is 3.12. The zero-order valence-corrected chi connectivity index (χ0v) is 15.2. The second-order valence-corrected chi connectivity index (χ2v) is 9.64. The number of carbonyl (C=O) groups is 1. The van der Waals surface area contributed by atoms with Crippen LogP contribution in [0, 0.1) is 5.92 Å². The smallest absolute Gasteiger partial charge is 0.309 e. The van der Waals surface area contributed by atoms with Gasteiger partial charge >= 0.3 is 5.97 Å². The summed E-state index contributed by atoms with van der Waals surface area (Å²) in [4.78, 5) is 11.5. The molecule has 0 aromatic carbocycles. The summed E-state index contributed by atoms with van der Waals surface area (Å²) >= 11 is 5.25. The van der Waals surface area contributed by atoms with E-state index in [9.17, 15) is 4.79 Å². The van der Waals surface area contributed by atoms with Gasteiger partial charge in [0.1, 0.15) is 4.71 Å². The minimum absolute atomic E-state index is 0.0777. The Labute approximate surface area is 134 Å². The van der Waals surface area contributed by atoms with Crippen LogP contribution >= 0.6 is 35.3 Å². The maximum Gasteiger partial charge on any atom is 0.309 e. The SMILES string of the molecule is CCOC(=O)C(C)CSC1NN=C(SC(C)(C)CC)S1. The van der Waals surface area contributed by atoms with E-state index in [0.29, 0.717) is 6.61 Å². The predicted octanol–water partition coefficient (Wildman–Crippen LogP) is 3.73. The van der Waals surface area contributed by atoms with Crippen molar-refractivity contribution in [1.82, 2.24) is 5.43 Å². The number of nitrogens with zero attached hydrogens (tertiary/aromatic N) is 1. The van der Waals surface area contributed by atoms with Crippen molar-refractivity contribution in [3.8, 4) is 0 Å². The summed E-state index contributed by atoms with van der Waals surface area (Å²) in [6, 6.07) is 0. The zero-order valence-electron chi connectivity index (χ0n) is 12.8. The Bertz CT molecular complexity index is 362. The Morgan fingerprint density at radius 2 is 2.25 bits per heavy atom. The van der Waals surface area contributed by atoms with Crippen LogP contribution in [0.25, 0.3) is 0 Å². The molecule has 2 unspecified atom stereocenters. The van der Waals surface area contributed by atoms with Crippen molar-refractivity contribution in [3.63, 3.8) is 0 Å². The van der Waals surface area contributed by atoms with Gasteiger partial charge in [0, 0.05) is 10.5 Å². The molecule has 2 atom stereocenters. The van der Waals surface area contributed by atoms with Gasteiger partial charge in [-0.25, -0.2) is 0 Å². The van der Waals surface area contributed by atoms with Crippen molar-refractivity contribution in [1.29, 1.82) is 0 Å². The monoisotopic (exact) mass is 336 g/mol. The van der Waals surface area contributed by atoms with Crippen LogP contribution in [-0.2, 0) is 9.53 Å². The molecular formula is C13H24N2O2S3. The minimum Gasteiger partial charge on any atom is -0.466 e. The van der Waals surface area contributed by atoms with Crippen LogP contribution in [0.3, 0.4) is 0 Å². The lowest BCUT2D eigenvalue weighted by Crippen LogP contribution is -2.20. The largest absolute Gasteiger partial charge is 0.466 e. The lowest BCUT2D eigenvalue weighted by molar-refractivity contribution is -0.146. The van der Waals surface area contributed by atoms with Crippen LogP contribution in [-0.4, -0.2) is 32.2 Å². The van der Waals surface area contributed by atoms with Gasteiger partial charge in [0.15, 0.2) is 4.38 Å². The predicted molar refractivity (Wildman–Crippen MR) is 92.2 cm³/mol. The van der Waals surface area contributed by atoms with Gasteiger partial charge in [-0.05, 0) is 13.3 Å². The van der Waals surface area contributed by atoms with Gasteiger partial charge in [-0.1, -0.05) is 51.2 Å². The second-order valence-electron chi connectivity index (χ2n) is 5.16. The number of hydrogen-bond acceptors (Lipinski definition) is 7. The number of ether oxygens (including phenoxy) is 1. The Morgan fingerprint density at radius 1 is 1.55 bits per heavy atom. The molecule has 0 bridgehead atoms. The van der Waals surface area contributed by atoms with Crippen LogP contribution in [0.15, 0.2) is 5.10 Å². The highest BCUT2D eigenvalue weighted by Crippen LogP contribution is 2.39. The molecule has 0 radical (unpaired) electrons. The fourth-order valence-electron chi connectivity index (χ4n) is 1.26. The van der Waals surface area contributed by atoms with Crippen LogP contribution in [0.2, 0.25) is 0 Å². The second kappa shape index (κ2) is 8.44. The number of nitrogens with one attached hydrogen (secondary N) is 1. The van der Waals surface area contributed by atoms with Crippen molar-refractivity contribution in [2.45, 2.75) is 50.5 Å². The molecule has 20 heavy (non-hydrogen) atoms. The Morgan fingerprint density at radius 3 is 2.85 bits per heavy atom. The first-order valence-corrected chi connectivity index (χ1v) is 9.59. The third-order valence-electron chi connectivity index (χ3n) is 2.87. The summed E-state index contributed by atoms with van der Waals surface area (Å²) < 4.78 is 6.50. The summed E-state index contributed by atoms with van der Waals surface area (Å²) in [6.45, 7) is 10.8. The highest BCUT2D eigenvalue weighted by Gasteiger charge is 2.27. The van der Waals surface area contributed by atoms with Gasteiger partial charge in [-0.3, -0.25) is 10.2 Å². The molecule has 7 heteroatoms. The highest BCUT2D eigenvalue weighted by molar-refractivity contribution is 8.42. The van der Waals surface area contributed by atoms with E-state index < -0.39 is 0 Å². The zero-order chi connectivity index (χ0) is 15.2. The maximum atomic E-state index is 11.5. The van der Waals surface area contributed by atoms with E-state index in [1.165, 1.54) is 0 Å². The molecular weight excluding hydrogens is 312 g/mol. The molecule has 1 heterocycles. The molecule has 0 aromatic rings. The van der Waals surface area contributed by atoms with Gasteiger partial charge in [0.2, 0.25) is 0 Å². The van der Waals surface area contributed by atoms with Crippen molar-refractivity contribution in [2.24, 2.45) is 11.0 Å². The summed E-state index contributed by atoms with van der Waals surface area (Å²) in [5.74, 6) is 0.547. The molecule has 1 N–H and O–H groups in total. The Balaban J connectivity index is 2.28.